The van der Waals surface area contributed by atoms with E-state index in [0.717, 1.165) is 24.9 Å². The molecule has 0 radical (unpaired) electrons. The van der Waals surface area contributed by atoms with E-state index in [9.17, 15) is 4.79 Å². The van der Waals surface area contributed by atoms with Crippen molar-refractivity contribution in [2.24, 2.45) is 0 Å². The predicted octanol–water partition coefficient (Wildman–Crippen LogP) is 3.32. The molecule has 0 bridgehead atoms. The lowest BCUT2D eigenvalue weighted by Gasteiger charge is -2.19. The first-order valence-electron chi connectivity index (χ1n) is 6.36. The maximum absolute atomic E-state index is 11.8. The highest BCUT2D eigenvalue weighted by Crippen LogP contribution is 2.17. The molecule has 0 amide bonds. The van der Waals surface area contributed by atoms with Gasteiger partial charge in [0, 0.05) is 6.42 Å². The second-order valence-electron chi connectivity index (χ2n) is 4.49. The van der Waals surface area contributed by atoms with Crippen molar-refractivity contribution in [3.8, 4) is 0 Å². The molecule has 3 nitrogen and oxygen atoms in total. The number of ketones is 1. The maximum atomic E-state index is 11.8. The van der Waals surface area contributed by atoms with Crippen LogP contribution in [0.5, 0.6) is 0 Å². The average molecular weight is 233 g/mol. The number of anilines is 1. The van der Waals surface area contributed by atoms with Gasteiger partial charge in [0.1, 0.15) is 6.10 Å². The van der Waals surface area contributed by atoms with Gasteiger partial charge in [-0.05, 0) is 25.0 Å². The second-order valence-corrected chi connectivity index (χ2v) is 4.49. The molecule has 2 rings (SSSR count). The molecule has 92 valence electrons. The highest BCUT2D eigenvalue weighted by molar-refractivity contribution is 5.83. The average Bonchev–Trinajstić information content (AvgIpc) is 2.35. The molecular formula is C14H19NO2. The van der Waals surface area contributed by atoms with Gasteiger partial charge in [0.2, 0.25) is 0 Å². The summed E-state index contributed by atoms with van der Waals surface area (Å²) in [4.78, 5) is 17.3. The Morgan fingerprint density at radius 2 is 1.82 bits per heavy atom. The molecule has 1 unspecified atom stereocenters. The Labute approximate surface area is 102 Å². The minimum Gasteiger partial charge on any atom is -0.297 e. The van der Waals surface area contributed by atoms with E-state index >= 15 is 0 Å². The fourth-order valence-corrected chi connectivity index (χ4v) is 2.07. The number of hydrogen-bond donors (Lipinski definition) is 1. The van der Waals surface area contributed by atoms with Crippen LogP contribution in [-0.4, -0.2) is 11.9 Å². The van der Waals surface area contributed by atoms with Crippen LogP contribution in [0.2, 0.25) is 0 Å². The number of nitrogens with one attached hydrogen (secondary N) is 1. The van der Waals surface area contributed by atoms with E-state index in [0.29, 0.717) is 6.42 Å². The predicted molar refractivity (Wildman–Crippen MR) is 67.6 cm³/mol. The summed E-state index contributed by atoms with van der Waals surface area (Å²) >= 11 is 0. The van der Waals surface area contributed by atoms with Gasteiger partial charge in [-0.1, -0.05) is 37.5 Å². The lowest BCUT2D eigenvalue weighted by Crippen LogP contribution is -2.27. The van der Waals surface area contributed by atoms with Crippen molar-refractivity contribution in [3.63, 3.8) is 0 Å². The number of carbonyl (C=O) groups is 1. The third-order valence-corrected chi connectivity index (χ3v) is 3.09. The van der Waals surface area contributed by atoms with Gasteiger partial charge in [0.25, 0.3) is 0 Å². The van der Waals surface area contributed by atoms with Gasteiger partial charge >= 0.3 is 0 Å². The van der Waals surface area contributed by atoms with Gasteiger partial charge in [-0.3, -0.25) is 15.1 Å². The molecule has 1 atom stereocenters. The van der Waals surface area contributed by atoms with Gasteiger partial charge in [0.05, 0.1) is 5.69 Å². The molecule has 1 saturated carbocycles. The van der Waals surface area contributed by atoms with E-state index in [-0.39, 0.29) is 11.9 Å². The number of Topliss-reactive ketones (excluding diaryl/α,β-unsaturated/α-hetero) is 1. The van der Waals surface area contributed by atoms with Gasteiger partial charge in [-0.15, -0.1) is 0 Å². The van der Waals surface area contributed by atoms with Gasteiger partial charge < -0.3 is 0 Å². The van der Waals surface area contributed by atoms with E-state index in [2.05, 4.69) is 5.48 Å². The Kier molecular flexibility index (Phi) is 4.56. The van der Waals surface area contributed by atoms with Crippen molar-refractivity contribution in [1.82, 2.24) is 0 Å². The lowest BCUT2D eigenvalue weighted by atomic mass is 9.98. The SMILES string of the molecule is O=C1CCCCCCC1ONc1ccccc1. The van der Waals surface area contributed by atoms with Crippen molar-refractivity contribution in [2.45, 2.75) is 44.6 Å². The van der Waals surface area contributed by atoms with Crippen LogP contribution in [0.1, 0.15) is 38.5 Å². The molecule has 17 heavy (non-hydrogen) atoms. The minimum atomic E-state index is -0.282. The van der Waals surface area contributed by atoms with Crippen molar-refractivity contribution >= 4 is 11.5 Å². The summed E-state index contributed by atoms with van der Waals surface area (Å²) < 4.78 is 0. The van der Waals surface area contributed by atoms with E-state index in [1.54, 1.807) is 0 Å². The zero-order valence-electron chi connectivity index (χ0n) is 10.0. The normalized spacial score (nSPS) is 21.6. The van der Waals surface area contributed by atoms with E-state index < -0.39 is 0 Å². The third kappa shape index (κ3) is 3.86. The van der Waals surface area contributed by atoms with Crippen molar-refractivity contribution < 1.29 is 9.63 Å². The zero-order valence-corrected chi connectivity index (χ0v) is 10.0. The Bertz CT molecular complexity index is 350. The Morgan fingerprint density at radius 1 is 1.06 bits per heavy atom. The van der Waals surface area contributed by atoms with Crippen molar-refractivity contribution in [2.75, 3.05) is 5.48 Å². The van der Waals surface area contributed by atoms with Crippen molar-refractivity contribution in [3.05, 3.63) is 30.3 Å². The smallest absolute Gasteiger partial charge is 0.164 e. The largest absolute Gasteiger partial charge is 0.297 e. The summed E-state index contributed by atoms with van der Waals surface area (Å²) in [6.07, 6.45) is 5.66. The van der Waals surface area contributed by atoms with E-state index in [4.69, 9.17) is 4.84 Å². The van der Waals surface area contributed by atoms with Crippen LogP contribution in [-0.2, 0) is 9.63 Å². The van der Waals surface area contributed by atoms with Gasteiger partial charge in [-0.25, -0.2) is 0 Å². The van der Waals surface area contributed by atoms with Gasteiger partial charge in [0.15, 0.2) is 5.78 Å². The summed E-state index contributed by atoms with van der Waals surface area (Å²) in [7, 11) is 0. The first kappa shape index (κ1) is 12.1. The first-order chi connectivity index (χ1) is 8.36. The summed E-state index contributed by atoms with van der Waals surface area (Å²) in [6, 6.07) is 9.67. The first-order valence-corrected chi connectivity index (χ1v) is 6.36. The molecule has 1 aromatic rings. The summed E-state index contributed by atoms with van der Waals surface area (Å²) in [5, 5.41) is 0. The second kappa shape index (κ2) is 6.40. The third-order valence-electron chi connectivity index (χ3n) is 3.09. The Morgan fingerprint density at radius 3 is 2.65 bits per heavy atom. The van der Waals surface area contributed by atoms with Crippen LogP contribution in [0.15, 0.2) is 30.3 Å². The minimum absolute atomic E-state index is 0.230. The molecule has 0 spiro atoms. The summed E-state index contributed by atoms with van der Waals surface area (Å²) in [5.41, 5.74) is 3.76. The topological polar surface area (TPSA) is 38.3 Å². The van der Waals surface area contributed by atoms with Gasteiger partial charge in [-0.2, -0.15) is 0 Å². The molecule has 1 fully saturated rings. The quantitative estimate of drug-likeness (QED) is 0.814. The highest BCUT2D eigenvalue weighted by atomic mass is 16.7. The molecule has 1 aromatic carbocycles. The number of hydrogen-bond acceptors (Lipinski definition) is 3. The summed E-state index contributed by atoms with van der Waals surface area (Å²) in [5.74, 6) is 0.230. The summed E-state index contributed by atoms with van der Waals surface area (Å²) in [6.45, 7) is 0. The van der Waals surface area contributed by atoms with Crippen LogP contribution in [0.4, 0.5) is 5.69 Å². The number of carbonyl (C=O) groups excluding carboxylic acids is 1. The number of para-hydroxylation sites is 1. The monoisotopic (exact) mass is 233 g/mol. The zero-order chi connectivity index (χ0) is 11.9. The molecular weight excluding hydrogens is 214 g/mol. The van der Waals surface area contributed by atoms with Crippen LogP contribution in [0.3, 0.4) is 0 Å². The fraction of sp³-hybridized carbons (Fsp3) is 0.500. The molecule has 1 N–H and O–H groups in total. The highest BCUT2D eigenvalue weighted by Gasteiger charge is 2.20. The molecule has 1 aliphatic rings. The molecule has 1 aliphatic carbocycles. The molecule has 0 saturated heterocycles. The standard InChI is InChI=1S/C14H19NO2/c16-13-10-6-1-2-7-11-14(13)17-15-12-8-4-3-5-9-12/h3-5,8-9,14-15H,1-2,6-7,10-11H2. The lowest BCUT2D eigenvalue weighted by molar-refractivity contribution is -0.129. The molecule has 3 heteroatoms. The van der Waals surface area contributed by atoms with E-state index in [1.165, 1.54) is 12.8 Å². The molecule has 0 aliphatic heterocycles. The van der Waals surface area contributed by atoms with E-state index in [1.807, 2.05) is 30.3 Å². The maximum Gasteiger partial charge on any atom is 0.164 e. The number of rotatable bonds is 3. The molecule has 0 aromatic heterocycles. The van der Waals surface area contributed by atoms with Crippen molar-refractivity contribution in [1.29, 1.82) is 0 Å². The van der Waals surface area contributed by atoms with Crippen LogP contribution in [0.25, 0.3) is 0 Å². The fourth-order valence-electron chi connectivity index (χ4n) is 2.07. The number of benzene rings is 1. The van der Waals surface area contributed by atoms with Crippen LogP contribution in [0, 0.1) is 0 Å². The molecule has 0 heterocycles. The van der Waals surface area contributed by atoms with Crippen LogP contribution >= 0.6 is 0 Å². The van der Waals surface area contributed by atoms with Crippen LogP contribution < -0.4 is 5.48 Å². The Hall–Kier alpha value is -1.35. The Balaban J connectivity index is 1.85.